The highest BCUT2D eigenvalue weighted by molar-refractivity contribution is 4.98. The normalized spacial score (nSPS) is 32.2. The highest BCUT2D eigenvalue weighted by atomic mass is 15.2. The Morgan fingerprint density at radius 3 is 2.44 bits per heavy atom. The van der Waals surface area contributed by atoms with Gasteiger partial charge in [0.2, 0.25) is 0 Å². The minimum absolute atomic E-state index is 0.408. The first kappa shape index (κ1) is 14.3. The van der Waals surface area contributed by atoms with Crippen LogP contribution >= 0.6 is 0 Å². The van der Waals surface area contributed by atoms with Gasteiger partial charge in [0.25, 0.3) is 0 Å². The van der Waals surface area contributed by atoms with Gasteiger partial charge in [0.15, 0.2) is 0 Å². The third kappa shape index (κ3) is 3.71. The van der Waals surface area contributed by atoms with Gasteiger partial charge in [-0.3, -0.25) is 4.90 Å². The summed E-state index contributed by atoms with van der Waals surface area (Å²) in [5.41, 5.74) is 6.92. The summed E-state index contributed by atoms with van der Waals surface area (Å²) in [6.07, 6.45) is 7.93. The van der Waals surface area contributed by atoms with Crippen molar-refractivity contribution in [3.05, 3.63) is 0 Å². The summed E-state index contributed by atoms with van der Waals surface area (Å²) in [7, 11) is 0. The fraction of sp³-hybridized carbons (Fsp3) is 1.00. The van der Waals surface area contributed by atoms with Crippen LogP contribution in [0, 0.1) is 11.3 Å². The van der Waals surface area contributed by atoms with Crippen LogP contribution < -0.4 is 5.73 Å². The molecule has 2 N–H and O–H groups in total. The number of rotatable bonds is 5. The van der Waals surface area contributed by atoms with Gasteiger partial charge in [-0.05, 0) is 56.4 Å². The maximum absolute atomic E-state index is 6.43. The van der Waals surface area contributed by atoms with Crippen LogP contribution in [0.15, 0.2) is 0 Å². The van der Waals surface area contributed by atoms with Crippen LogP contribution in [0.1, 0.15) is 66.2 Å². The van der Waals surface area contributed by atoms with Crippen LogP contribution in [0.2, 0.25) is 0 Å². The SMILES string of the molecule is CC(C)CCN(C1CC1)C1CC(C)(C)CCC1N. The first-order chi connectivity index (χ1) is 8.39. The van der Waals surface area contributed by atoms with E-state index >= 15 is 0 Å². The maximum Gasteiger partial charge on any atom is 0.0255 e. The molecule has 0 amide bonds. The van der Waals surface area contributed by atoms with E-state index in [9.17, 15) is 0 Å². The standard InChI is InChI=1S/C16H32N2/c1-12(2)8-10-18(13-5-6-13)15-11-16(3,4)9-7-14(15)17/h12-15H,5-11,17H2,1-4H3. The first-order valence-corrected chi connectivity index (χ1v) is 7.90. The molecular formula is C16H32N2. The molecule has 2 heteroatoms. The van der Waals surface area contributed by atoms with Gasteiger partial charge in [-0.15, -0.1) is 0 Å². The molecule has 0 aromatic carbocycles. The molecule has 2 atom stereocenters. The Morgan fingerprint density at radius 1 is 1.22 bits per heavy atom. The minimum atomic E-state index is 0.408. The number of hydrogen-bond donors (Lipinski definition) is 1. The van der Waals surface area contributed by atoms with Crippen LogP contribution in [0.3, 0.4) is 0 Å². The highest BCUT2D eigenvalue weighted by Gasteiger charge is 2.41. The monoisotopic (exact) mass is 252 g/mol. The van der Waals surface area contributed by atoms with Gasteiger partial charge in [0.05, 0.1) is 0 Å². The zero-order valence-electron chi connectivity index (χ0n) is 12.8. The Balaban J connectivity index is 1.99. The third-order valence-corrected chi connectivity index (χ3v) is 4.82. The average Bonchev–Trinajstić information content (AvgIpc) is 3.07. The molecule has 18 heavy (non-hydrogen) atoms. The summed E-state index contributed by atoms with van der Waals surface area (Å²) in [6.45, 7) is 10.8. The van der Waals surface area contributed by atoms with Crippen LogP contribution in [0.5, 0.6) is 0 Å². The summed E-state index contributed by atoms with van der Waals surface area (Å²) >= 11 is 0. The molecule has 0 spiro atoms. The van der Waals surface area contributed by atoms with Crippen molar-refractivity contribution < 1.29 is 0 Å². The fourth-order valence-electron chi connectivity index (χ4n) is 3.37. The average molecular weight is 252 g/mol. The van der Waals surface area contributed by atoms with Crippen molar-refractivity contribution in [3.8, 4) is 0 Å². The van der Waals surface area contributed by atoms with Crippen molar-refractivity contribution in [1.29, 1.82) is 0 Å². The Morgan fingerprint density at radius 2 is 1.89 bits per heavy atom. The van der Waals surface area contributed by atoms with Crippen LogP contribution in [0.4, 0.5) is 0 Å². The molecule has 2 unspecified atom stereocenters. The zero-order chi connectivity index (χ0) is 13.3. The fourth-order valence-corrected chi connectivity index (χ4v) is 3.37. The lowest BCUT2D eigenvalue weighted by molar-refractivity contribution is 0.0684. The van der Waals surface area contributed by atoms with Gasteiger partial charge < -0.3 is 5.73 Å². The van der Waals surface area contributed by atoms with E-state index in [-0.39, 0.29) is 0 Å². The van der Waals surface area contributed by atoms with Crippen molar-refractivity contribution in [2.45, 2.75) is 84.3 Å². The minimum Gasteiger partial charge on any atom is -0.326 e. The Kier molecular flexibility index (Phi) is 4.38. The maximum atomic E-state index is 6.43. The molecule has 0 aromatic rings. The van der Waals surface area contributed by atoms with E-state index in [4.69, 9.17) is 5.73 Å². The van der Waals surface area contributed by atoms with Gasteiger partial charge in [-0.2, -0.15) is 0 Å². The topological polar surface area (TPSA) is 29.3 Å². The van der Waals surface area contributed by atoms with Crippen LogP contribution in [-0.4, -0.2) is 29.6 Å². The van der Waals surface area contributed by atoms with E-state index in [1.807, 2.05) is 0 Å². The van der Waals surface area contributed by atoms with Crippen molar-refractivity contribution in [2.24, 2.45) is 17.1 Å². The molecule has 0 aliphatic heterocycles. The van der Waals surface area contributed by atoms with Gasteiger partial charge >= 0.3 is 0 Å². The van der Waals surface area contributed by atoms with Crippen molar-refractivity contribution in [1.82, 2.24) is 4.90 Å². The summed E-state index contributed by atoms with van der Waals surface area (Å²) in [5.74, 6) is 0.805. The van der Waals surface area contributed by atoms with Gasteiger partial charge in [0, 0.05) is 18.1 Å². The number of nitrogens with zero attached hydrogens (tertiary/aromatic N) is 1. The van der Waals surface area contributed by atoms with E-state index in [0.717, 1.165) is 12.0 Å². The van der Waals surface area contributed by atoms with E-state index in [1.165, 1.54) is 45.1 Å². The summed E-state index contributed by atoms with van der Waals surface area (Å²) in [6, 6.07) is 1.90. The van der Waals surface area contributed by atoms with E-state index in [1.54, 1.807) is 0 Å². The summed E-state index contributed by atoms with van der Waals surface area (Å²) in [4.78, 5) is 2.77. The lowest BCUT2D eigenvalue weighted by Gasteiger charge is -2.45. The second-order valence-corrected chi connectivity index (χ2v) is 7.79. The van der Waals surface area contributed by atoms with Crippen molar-refractivity contribution in [2.75, 3.05) is 6.54 Å². The second kappa shape index (κ2) is 5.50. The van der Waals surface area contributed by atoms with Gasteiger partial charge in [-0.25, -0.2) is 0 Å². The molecule has 0 bridgehead atoms. The zero-order valence-corrected chi connectivity index (χ0v) is 12.8. The summed E-state index contributed by atoms with van der Waals surface area (Å²) in [5, 5.41) is 0. The Bertz CT molecular complexity index is 268. The molecule has 2 saturated carbocycles. The Hall–Kier alpha value is -0.0800. The molecule has 0 saturated heterocycles. The summed E-state index contributed by atoms with van der Waals surface area (Å²) < 4.78 is 0. The van der Waals surface area contributed by atoms with Crippen LogP contribution in [0.25, 0.3) is 0 Å². The highest BCUT2D eigenvalue weighted by Crippen LogP contribution is 2.40. The van der Waals surface area contributed by atoms with Crippen molar-refractivity contribution in [3.63, 3.8) is 0 Å². The smallest absolute Gasteiger partial charge is 0.0255 e. The lowest BCUT2D eigenvalue weighted by atomic mass is 9.72. The third-order valence-electron chi connectivity index (χ3n) is 4.82. The van der Waals surface area contributed by atoms with E-state index in [0.29, 0.717) is 17.5 Å². The number of nitrogens with two attached hydrogens (primary N) is 1. The quantitative estimate of drug-likeness (QED) is 0.812. The molecule has 0 radical (unpaired) electrons. The number of hydrogen-bond acceptors (Lipinski definition) is 2. The molecule has 2 rings (SSSR count). The molecular weight excluding hydrogens is 220 g/mol. The molecule has 0 heterocycles. The largest absolute Gasteiger partial charge is 0.326 e. The molecule has 2 aliphatic carbocycles. The molecule has 2 aliphatic rings. The van der Waals surface area contributed by atoms with E-state index in [2.05, 4.69) is 32.6 Å². The molecule has 2 nitrogen and oxygen atoms in total. The first-order valence-electron chi connectivity index (χ1n) is 7.90. The van der Waals surface area contributed by atoms with Crippen molar-refractivity contribution >= 4 is 0 Å². The predicted octanol–water partition coefficient (Wildman–Crippen LogP) is 3.40. The van der Waals surface area contributed by atoms with Gasteiger partial charge in [0.1, 0.15) is 0 Å². The van der Waals surface area contributed by atoms with Crippen LogP contribution in [-0.2, 0) is 0 Å². The molecule has 0 aromatic heterocycles. The Labute approximate surface area is 113 Å². The molecule has 2 fully saturated rings. The predicted molar refractivity (Wildman–Crippen MR) is 78.6 cm³/mol. The molecule has 106 valence electrons. The lowest BCUT2D eigenvalue weighted by Crippen LogP contribution is -2.54. The second-order valence-electron chi connectivity index (χ2n) is 7.79. The van der Waals surface area contributed by atoms with E-state index < -0.39 is 0 Å². The van der Waals surface area contributed by atoms with Gasteiger partial charge in [-0.1, -0.05) is 27.7 Å².